The molecule has 0 spiro atoms. The number of hydrogen-bond acceptors (Lipinski definition) is 3. The Balaban J connectivity index is 2.70. The second-order valence-electron chi connectivity index (χ2n) is 4.23. The number of ether oxygens (including phenoxy) is 1. The van der Waals surface area contributed by atoms with Crippen molar-refractivity contribution in [2.75, 3.05) is 6.61 Å². The Morgan fingerprint density at radius 1 is 1.17 bits per heavy atom. The predicted octanol–water partition coefficient (Wildman–Crippen LogP) is 3.11. The molecule has 1 aromatic carbocycles. The number of allylic oxidation sites excluding steroid dienone is 1. The van der Waals surface area contributed by atoms with Crippen molar-refractivity contribution >= 4 is 11.8 Å². The van der Waals surface area contributed by atoms with Gasteiger partial charge in [0.2, 0.25) is 0 Å². The first-order valence-corrected chi connectivity index (χ1v) is 6.03. The highest BCUT2D eigenvalue weighted by molar-refractivity contribution is 6.06. The van der Waals surface area contributed by atoms with E-state index in [1.807, 2.05) is 12.1 Å². The molecular weight excluding hydrogens is 228 g/mol. The molecule has 1 aromatic rings. The Hall–Kier alpha value is -1.90. The van der Waals surface area contributed by atoms with Crippen molar-refractivity contribution in [1.29, 1.82) is 0 Å². The summed E-state index contributed by atoms with van der Waals surface area (Å²) in [6.07, 6.45) is 2.39. The molecule has 0 aliphatic rings. The first-order valence-electron chi connectivity index (χ1n) is 6.03. The van der Waals surface area contributed by atoms with Crippen LogP contribution in [-0.4, -0.2) is 18.4 Å². The molecule has 3 heteroatoms. The van der Waals surface area contributed by atoms with E-state index in [-0.39, 0.29) is 5.78 Å². The van der Waals surface area contributed by atoms with E-state index in [2.05, 4.69) is 13.8 Å². The van der Waals surface area contributed by atoms with Crippen LogP contribution in [0.5, 0.6) is 0 Å². The molecule has 3 nitrogen and oxygen atoms in total. The average molecular weight is 246 g/mol. The minimum Gasteiger partial charge on any atom is -0.463 e. The van der Waals surface area contributed by atoms with Gasteiger partial charge in [-0.15, -0.1) is 0 Å². The fourth-order valence-electron chi connectivity index (χ4n) is 1.46. The van der Waals surface area contributed by atoms with Crippen molar-refractivity contribution in [1.82, 2.24) is 0 Å². The molecule has 0 saturated heterocycles. The molecule has 0 radical (unpaired) electrons. The van der Waals surface area contributed by atoms with Crippen molar-refractivity contribution in [3.8, 4) is 0 Å². The maximum Gasteiger partial charge on any atom is 0.330 e. The van der Waals surface area contributed by atoms with Gasteiger partial charge in [-0.3, -0.25) is 4.79 Å². The first-order chi connectivity index (χ1) is 8.54. The standard InChI is InChI=1S/C15H18O3/c1-4-18-15(17)10-9-14(16)13-7-5-12(6-8-13)11(2)3/h5-11H,4H2,1-3H3/b10-9+. The summed E-state index contributed by atoms with van der Waals surface area (Å²) in [7, 11) is 0. The van der Waals surface area contributed by atoms with Gasteiger partial charge < -0.3 is 4.74 Å². The summed E-state index contributed by atoms with van der Waals surface area (Å²) < 4.78 is 4.70. The molecule has 0 aliphatic heterocycles. The lowest BCUT2D eigenvalue weighted by molar-refractivity contribution is -0.137. The number of esters is 1. The van der Waals surface area contributed by atoms with Crippen LogP contribution in [0.4, 0.5) is 0 Å². The summed E-state index contributed by atoms with van der Waals surface area (Å²) in [5.41, 5.74) is 1.75. The quantitative estimate of drug-likeness (QED) is 0.455. The van der Waals surface area contributed by atoms with Crippen LogP contribution in [0.3, 0.4) is 0 Å². The summed E-state index contributed by atoms with van der Waals surface area (Å²) in [4.78, 5) is 22.8. The van der Waals surface area contributed by atoms with Crippen LogP contribution in [0, 0.1) is 0 Å². The summed E-state index contributed by atoms with van der Waals surface area (Å²) in [5.74, 6) is -0.257. The molecule has 96 valence electrons. The van der Waals surface area contributed by atoms with Gasteiger partial charge in [-0.1, -0.05) is 38.1 Å². The molecule has 18 heavy (non-hydrogen) atoms. The van der Waals surface area contributed by atoms with E-state index in [0.29, 0.717) is 18.1 Å². The highest BCUT2D eigenvalue weighted by Crippen LogP contribution is 2.15. The van der Waals surface area contributed by atoms with E-state index in [0.717, 1.165) is 6.08 Å². The molecule has 0 atom stereocenters. The number of hydrogen-bond donors (Lipinski definition) is 0. The Morgan fingerprint density at radius 3 is 2.28 bits per heavy atom. The largest absolute Gasteiger partial charge is 0.463 e. The van der Waals surface area contributed by atoms with Crippen LogP contribution < -0.4 is 0 Å². The number of rotatable bonds is 5. The topological polar surface area (TPSA) is 43.4 Å². The lowest BCUT2D eigenvalue weighted by Gasteiger charge is -2.05. The maximum atomic E-state index is 11.7. The molecule has 1 rings (SSSR count). The number of ketones is 1. The molecule has 0 aromatic heterocycles. The van der Waals surface area contributed by atoms with Gasteiger partial charge in [0.1, 0.15) is 0 Å². The van der Waals surface area contributed by atoms with Crippen molar-refractivity contribution in [3.63, 3.8) is 0 Å². The Bertz CT molecular complexity index is 441. The highest BCUT2D eigenvalue weighted by Gasteiger charge is 2.04. The van der Waals surface area contributed by atoms with Crippen molar-refractivity contribution < 1.29 is 14.3 Å². The Labute approximate surface area is 107 Å². The third kappa shape index (κ3) is 4.17. The Morgan fingerprint density at radius 2 is 1.78 bits per heavy atom. The van der Waals surface area contributed by atoms with E-state index >= 15 is 0 Å². The number of carbonyl (C=O) groups excluding carboxylic acids is 2. The second kappa shape index (κ2) is 6.74. The highest BCUT2D eigenvalue weighted by atomic mass is 16.5. The van der Waals surface area contributed by atoms with Gasteiger partial charge in [0.05, 0.1) is 6.61 Å². The van der Waals surface area contributed by atoms with E-state index in [1.54, 1.807) is 19.1 Å². The van der Waals surface area contributed by atoms with Crippen LogP contribution in [-0.2, 0) is 9.53 Å². The molecule has 0 unspecified atom stereocenters. The van der Waals surface area contributed by atoms with Crippen LogP contribution in [0.1, 0.15) is 42.6 Å². The smallest absolute Gasteiger partial charge is 0.330 e. The van der Waals surface area contributed by atoms with Crippen LogP contribution in [0.2, 0.25) is 0 Å². The van der Waals surface area contributed by atoms with Gasteiger partial charge in [0.15, 0.2) is 5.78 Å². The van der Waals surface area contributed by atoms with E-state index in [4.69, 9.17) is 4.74 Å². The van der Waals surface area contributed by atoms with Gasteiger partial charge in [0, 0.05) is 11.6 Å². The van der Waals surface area contributed by atoms with E-state index in [9.17, 15) is 9.59 Å². The molecule has 0 saturated carbocycles. The van der Waals surface area contributed by atoms with E-state index < -0.39 is 5.97 Å². The van der Waals surface area contributed by atoms with Gasteiger partial charge in [0.25, 0.3) is 0 Å². The minimum absolute atomic E-state index is 0.196. The lowest BCUT2D eigenvalue weighted by Crippen LogP contribution is -2.01. The zero-order chi connectivity index (χ0) is 13.5. The number of benzene rings is 1. The first kappa shape index (κ1) is 14.2. The SMILES string of the molecule is CCOC(=O)/C=C/C(=O)c1ccc(C(C)C)cc1. The van der Waals surface area contributed by atoms with Gasteiger partial charge in [-0.2, -0.15) is 0 Å². The maximum absolute atomic E-state index is 11.7. The fraction of sp³-hybridized carbons (Fsp3) is 0.333. The van der Waals surface area contributed by atoms with Gasteiger partial charge in [-0.05, 0) is 24.5 Å². The van der Waals surface area contributed by atoms with Crippen LogP contribution in [0.25, 0.3) is 0 Å². The summed E-state index contributed by atoms with van der Waals surface area (Å²) in [5, 5.41) is 0. The zero-order valence-electron chi connectivity index (χ0n) is 11.0. The molecule has 0 fully saturated rings. The molecule has 0 heterocycles. The van der Waals surface area contributed by atoms with Gasteiger partial charge in [-0.25, -0.2) is 4.79 Å². The van der Waals surface area contributed by atoms with Crippen LogP contribution >= 0.6 is 0 Å². The second-order valence-corrected chi connectivity index (χ2v) is 4.23. The predicted molar refractivity (Wildman–Crippen MR) is 70.6 cm³/mol. The molecule has 0 amide bonds. The minimum atomic E-state index is -0.496. The fourth-order valence-corrected chi connectivity index (χ4v) is 1.46. The third-order valence-corrected chi connectivity index (χ3v) is 2.52. The molecule has 0 bridgehead atoms. The molecule has 0 N–H and O–H groups in total. The van der Waals surface area contributed by atoms with Gasteiger partial charge >= 0.3 is 5.97 Å². The lowest BCUT2D eigenvalue weighted by atomic mass is 10.0. The monoisotopic (exact) mass is 246 g/mol. The average Bonchev–Trinajstić information content (AvgIpc) is 2.36. The normalized spacial score (nSPS) is 10.9. The molecular formula is C15H18O3. The van der Waals surface area contributed by atoms with Crippen molar-refractivity contribution in [2.24, 2.45) is 0 Å². The zero-order valence-corrected chi connectivity index (χ0v) is 11.0. The third-order valence-electron chi connectivity index (χ3n) is 2.52. The summed E-state index contributed by atoms with van der Waals surface area (Å²) >= 11 is 0. The summed E-state index contributed by atoms with van der Waals surface area (Å²) in [6, 6.07) is 7.40. The van der Waals surface area contributed by atoms with E-state index in [1.165, 1.54) is 11.6 Å². The van der Waals surface area contributed by atoms with Crippen molar-refractivity contribution in [2.45, 2.75) is 26.7 Å². The number of carbonyl (C=O) groups is 2. The van der Waals surface area contributed by atoms with Crippen LogP contribution in [0.15, 0.2) is 36.4 Å². The summed E-state index contributed by atoms with van der Waals surface area (Å²) in [6.45, 7) is 6.22. The molecule has 0 aliphatic carbocycles. The van der Waals surface area contributed by atoms with Crippen molar-refractivity contribution in [3.05, 3.63) is 47.5 Å². The Kier molecular flexibility index (Phi) is 5.31.